The van der Waals surface area contributed by atoms with Crippen LogP contribution in [0, 0.1) is 0 Å². The van der Waals surface area contributed by atoms with Gasteiger partial charge in [0.25, 0.3) is 11.1 Å². The van der Waals surface area contributed by atoms with Crippen molar-refractivity contribution in [2.75, 3.05) is 5.73 Å². The van der Waals surface area contributed by atoms with Crippen LogP contribution in [0.15, 0.2) is 15.7 Å². The van der Waals surface area contributed by atoms with Crippen LogP contribution < -0.4 is 16.9 Å². The first-order valence-corrected chi connectivity index (χ1v) is 5.65. The summed E-state index contributed by atoms with van der Waals surface area (Å²) >= 11 is 0. The van der Waals surface area contributed by atoms with E-state index in [1.165, 1.54) is 0 Å². The number of aryl methyl sites for hydroxylation is 2. The first-order chi connectivity index (χ1) is 8.10. The smallest absolute Gasteiger partial charge is 0.272 e. The number of rotatable bonds is 2. The van der Waals surface area contributed by atoms with Crippen molar-refractivity contribution in [3.05, 3.63) is 37.9 Å². The van der Waals surface area contributed by atoms with Gasteiger partial charge in [-0.2, -0.15) is 0 Å². The van der Waals surface area contributed by atoms with Gasteiger partial charge in [0, 0.05) is 5.69 Å². The standard InChI is InChI=1S/C12H15N3O2/c1-3-6-5-7(4-2)10(13)9-8(6)11(16)14-15-12(9)17/h5H,3-4,13H2,1-2H3,(H,14,16)(H,15,17). The zero-order valence-corrected chi connectivity index (χ0v) is 9.89. The molecular weight excluding hydrogens is 218 g/mol. The molecule has 0 fully saturated rings. The van der Waals surface area contributed by atoms with Crippen molar-refractivity contribution in [3.63, 3.8) is 0 Å². The fourth-order valence-corrected chi connectivity index (χ4v) is 2.12. The molecule has 0 amide bonds. The maximum atomic E-state index is 11.8. The SMILES string of the molecule is CCc1cc(CC)c2c(=O)[nH][nH]c(=O)c2c1N. The van der Waals surface area contributed by atoms with Gasteiger partial charge in [-0.05, 0) is 24.0 Å². The first-order valence-electron chi connectivity index (χ1n) is 5.65. The second kappa shape index (κ2) is 4.08. The van der Waals surface area contributed by atoms with Crippen molar-refractivity contribution in [2.24, 2.45) is 0 Å². The molecule has 0 spiro atoms. The van der Waals surface area contributed by atoms with E-state index in [2.05, 4.69) is 10.2 Å². The summed E-state index contributed by atoms with van der Waals surface area (Å²) in [5.74, 6) is 0. The lowest BCUT2D eigenvalue weighted by molar-refractivity contribution is 0.970. The molecule has 0 saturated carbocycles. The maximum Gasteiger partial charge on any atom is 0.272 e. The lowest BCUT2D eigenvalue weighted by Gasteiger charge is -2.10. The van der Waals surface area contributed by atoms with Gasteiger partial charge in [-0.25, -0.2) is 0 Å². The predicted octanol–water partition coefficient (Wildman–Crippen LogP) is 0.923. The first kappa shape index (κ1) is 11.4. The highest BCUT2D eigenvalue weighted by molar-refractivity contribution is 5.95. The Morgan fingerprint density at radius 1 is 1.00 bits per heavy atom. The van der Waals surface area contributed by atoms with Gasteiger partial charge in [0.15, 0.2) is 0 Å². The second-order valence-corrected chi connectivity index (χ2v) is 3.97. The van der Waals surface area contributed by atoms with Crippen molar-refractivity contribution in [1.82, 2.24) is 10.2 Å². The van der Waals surface area contributed by atoms with E-state index in [1.807, 2.05) is 19.9 Å². The number of nitrogens with two attached hydrogens (primary N) is 1. The third kappa shape index (κ3) is 1.63. The number of fused-ring (bicyclic) bond motifs is 1. The summed E-state index contributed by atoms with van der Waals surface area (Å²) in [5, 5.41) is 5.36. The van der Waals surface area contributed by atoms with Crippen molar-refractivity contribution in [2.45, 2.75) is 26.7 Å². The number of nitrogen functional groups attached to an aromatic ring is 1. The molecular formula is C12H15N3O2. The Bertz CT molecular complexity index is 682. The summed E-state index contributed by atoms with van der Waals surface area (Å²) in [6.07, 6.45) is 1.43. The molecule has 0 bridgehead atoms. The molecule has 0 atom stereocenters. The monoisotopic (exact) mass is 233 g/mol. The quantitative estimate of drug-likeness (QED) is 0.673. The molecule has 1 aromatic carbocycles. The molecule has 0 saturated heterocycles. The Labute approximate surface area is 97.6 Å². The van der Waals surface area contributed by atoms with E-state index in [-0.39, 0.29) is 11.1 Å². The van der Waals surface area contributed by atoms with Crippen LogP contribution in [0.3, 0.4) is 0 Å². The molecule has 5 nitrogen and oxygen atoms in total. The van der Waals surface area contributed by atoms with E-state index in [9.17, 15) is 9.59 Å². The Morgan fingerprint density at radius 3 is 2.06 bits per heavy atom. The van der Waals surface area contributed by atoms with Gasteiger partial charge in [0.1, 0.15) is 0 Å². The zero-order chi connectivity index (χ0) is 12.6. The summed E-state index contributed by atoms with van der Waals surface area (Å²) < 4.78 is 0. The molecule has 5 heteroatoms. The van der Waals surface area contributed by atoms with Gasteiger partial charge in [0.05, 0.1) is 10.8 Å². The van der Waals surface area contributed by atoms with Gasteiger partial charge in [-0.15, -0.1) is 0 Å². The van der Waals surface area contributed by atoms with Crippen LogP contribution in [-0.2, 0) is 12.8 Å². The Morgan fingerprint density at radius 2 is 1.53 bits per heavy atom. The largest absolute Gasteiger partial charge is 0.398 e. The molecule has 4 N–H and O–H groups in total. The number of aromatic amines is 2. The highest BCUT2D eigenvalue weighted by Crippen LogP contribution is 2.24. The van der Waals surface area contributed by atoms with Crippen LogP contribution in [0.1, 0.15) is 25.0 Å². The zero-order valence-electron chi connectivity index (χ0n) is 9.89. The molecule has 2 aromatic rings. The molecule has 1 heterocycles. The number of hydrogen-bond donors (Lipinski definition) is 3. The normalized spacial score (nSPS) is 10.9. The number of aromatic nitrogens is 2. The van der Waals surface area contributed by atoms with Gasteiger partial charge >= 0.3 is 0 Å². The molecule has 0 aliphatic carbocycles. The number of H-pyrrole nitrogens is 2. The van der Waals surface area contributed by atoms with Gasteiger partial charge < -0.3 is 5.73 Å². The average molecular weight is 233 g/mol. The van der Waals surface area contributed by atoms with Gasteiger partial charge in [-0.1, -0.05) is 19.9 Å². The number of anilines is 1. The van der Waals surface area contributed by atoms with Crippen molar-refractivity contribution in [3.8, 4) is 0 Å². The summed E-state index contributed by atoms with van der Waals surface area (Å²) in [4.78, 5) is 23.6. The molecule has 1 aromatic heterocycles. The minimum atomic E-state index is -0.345. The Balaban J connectivity index is 3.10. The predicted molar refractivity (Wildman–Crippen MR) is 68.4 cm³/mol. The minimum Gasteiger partial charge on any atom is -0.398 e. The van der Waals surface area contributed by atoms with Crippen LogP contribution >= 0.6 is 0 Å². The van der Waals surface area contributed by atoms with Crippen LogP contribution in [0.5, 0.6) is 0 Å². The third-order valence-electron chi connectivity index (χ3n) is 3.04. The number of hydrogen-bond acceptors (Lipinski definition) is 3. The molecule has 0 aliphatic heterocycles. The molecule has 0 radical (unpaired) electrons. The average Bonchev–Trinajstić information content (AvgIpc) is 2.33. The lowest BCUT2D eigenvalue weighted by atomic mass is 9.98. The van der Waals surface area contributed by atoms with Crippen LogP contribution in [0.25, 0.3) is 10.8 Å². The summed E-state index contributed by atoms with van der Waals surface area (Å²) in [6.45, 7) is 3.92. The van der Waals surface area contributed by atoms with E-state index in [1.54, 1.807) is 0 Å². The number of benzene rings is 1. The Kier molecular flexibility index (Phi) is 2.75. The van der Waals surface area contributed by atoms with Crippen LogP contribution in [0.4, 0.5) is 5.69 Å². The summed E-state index contributed by atoms with van der Waals surface area (Å²) in [5.41, 5.74) is 7.48. The minimum absolute atomic E-state index is 0.300. The van der Waals surface area contributed by atoms with E-state index in [0.29, 0.717) is 22.9 Å². The van der Waals surface area contributed by atoms with Crippen molar-refractivity contribution < 1.29 is 0 Å². The fourth-order valence-electron chi connectivity index (χ4n) is 2.12. The molecule has 2 rings (SSSR count). The molecule has 0 aliphatic rings. The fraction of sp³-hybridized carbons (Fsp3) is 0.333. The van der Waals surface area contributed by atoms with Crippen LogP contribution in [0.2, 0.25) is 0 Å². The highest BCUT2D eigenvalue weighted by atomic mass is 16.1. The molecule has 17 heavy (non-hydrogen) atoms. The highest BCUT2D eigenvalue weighted by Gasteiger charge is 2.13. The van der Waals surface area contributed by atoms with E-state index >= 15 is 0 Å². The van der Waals surface area contributed by atoms with Gasteiger partial charge in [0.2, 0.25) is 0 Å². The molecule has 0 unspecified atom stereocenters. The topological polar surface area (TPSA) is 91.7 Å². The van der Waals surface area contributed by atoms with E-state index in [4.69, 9.17) is 5.73 Å². The number of nitrogens with one attached hydrogen (secondary N) is 2. The maximum absolute atomic E-state index is 11.8. The Hall–Kier alpha value is -2.04. The van der Waals surface area contributed by atoms with E-state index in [0.717, 1.165) is 17.5 Å². The van der Waals surface area contributed by atoms with Crippen molar-refractivity contribution in [1.29, 1.82) is 0 Å². The van der Waals surface area contributed by atoms with Crippen LogP contribution in [-0.4, -0.2) is 10.2 Å². The molecule has 90 valence electrons. The van der Waals surface area contributed by atoms with Gasteiger partial charge in [-0.3, -0.25) is 19.8 Å². The lowest BCUT2D eigenvalue weighted by Crippen LogP contribution is -2.22. The second-order valence-electron chi connectivity index (χ2n) is 3.97. The summed E-state index contributed by atoms with van der Waals surface area (Å²) in [7, 11) is 0. The van der Waals surface area contributed by atoms with E-state index < -0.39 is 0 Å². The third-order valence-corrected chi connectivity index (χ3v) is 3.04. The van der Waals surface area contributed by atoms with Crippen molar-refractivity contribution >= 4 is 16.5 Å². The summed E-state index contributed by atoms with van der Waals surface area (Å²) in [6, 6.07) is 1.91.